The molecule has 1 fully saturated rings. The van der Waals surface area contributed by atoms with Crippen LogP contribution in [0.5, 0.6) is 0 Å². The monoisotopic (exact) mass is 411 g/mol. The molecule has 1 atom stereocenters. The summed E-state index contributed by atoms with van der Waals surface area (Å²) < 4.78 is 25.9. The Bertz CT molecular complexity index is 1070. The molecule has 1 N–H and O–H groups in total. The van der Waals surface area contributed by atoms with Crippen LogP contribution in [-0.4, -0.2) is 53.3 Å². The Balaban J connectivity index is 1.49. The van der Waals surface area contributed by atoms with E-state index >= 15 is 0 Å². The number of anilines is 1. The molecular formula is C20H18FN5O4. The van der Waals surface area contributed by atoms with Crippen molar-refractivity contribution in [1.82, 2.24) is 20.1 Å². The van der Waals surface area contributed by atoms with Crippen LogP contribution in [0.1, 0.15) is 0 Å². The molecule has 1 aliphatic rings. The van der Waals surface area contributed by atoms with E-state index in [9.17, 15) is 14.0 Å². The minimum absolute atomic E-state index is 0.0963. The number of cyclic esters (lactones) is 1. The van der Waals surface area contributed by atoms with E-state index in [1.807, 2.05) is 18.2 Å². The van der Waals surface area contributed by atoms with Crippen LogP contribution in [0.25, 0.3) is 16.9 Å². The molecule has 4 rings (SSSR count). The van der Waals surface area contributed by atoms with Crippen LogP contribution in [0.2, 0.25) is 0 Å². The fourth-order valence-corrected chi connectivity index (χ4v) is 3.08. The van der Waals surface area contributed by atoms with Crippen LogP contribution in [0.4, 0.5) is 19.7 Å². The lowest BCUT2D eigenvalue weighted by Crippen LogP contribution is -2.34. The quantitative estimate of drug-likeness (QED) is 0.693. The van der Waals surface area contributed by atoms with Gasteiger partial charge < -0.3 is 14.8 Å². The molecule has 0 radical (unpaired) electrons. The molecule has 3 aromatic rings. The minimum atomic E-state index is -0.621. The van der Waals surface area contributed by atoms with E-state index in [1.54, 1.807) is 24.7 Å². The summed E-state index contributed by atoms with van der Waals surface area (Å²) >= 11 is 0. The lowest BCUT2D eigenvalue weighted by atomic mass is 10.2. The fraction of sp³-hybridized carbons (Fsp3) is 0.200. The first-order valence-corrected chi connectivity index (χ1v) is 9.11. The number of carbonyl (C=O) groups is 2. The number of amides is 2. The highest BCUT2D eigenvalue weighted by Gasteiger charge is 2.33. The maximum Gasteiger partial charge on any atom is 0.414 e. The van der Waals surface area contributed by atoms with Crippen molar-refractivity contribution in [3.8, 4) is 16.9 Å². The number of benzene rings is 1. The zero-order valence-corrected chi connectivity index (χ0v) is 16.0. The van der Waals surface area contributed by atoms with Gasteiger partial charge in [-0.3, -0.25) is 9.88 Å². The van der Waals surface area contributed by atoms with E-state index < -0.39 is 24.1 Å². The molecule has 0 bridgehead atoms. The number of pyridine rings is 1. The SMILES string of the molecule is COC(=O)NC[C@H]1CN(c2ccc(-n3cc(-c4ccccn4)cn3)c(F)c2)C(=O)O1. The molecule has 0 unspecified atom stereocenters. The smallest absolute Gasteiger partial charge is 0.414 e. The third kappa shape index (κ3) is 3.93. The Hall–Kier alpha value is -3.95. The third-order valence-electron chi connectivity index (χ3n) is 4.57. The molecule has 0 aliphatic carbocycles. The topological polar surface area (TPSA) is 98.6 Å². The summed E-state index contributed by atoms with van der Waals surface area (Å²) in [5.74, 6) is -0.549. The van der Waals surface area contributed by atoms with E-state index in [0.29, 0.717) is 5.69 Å². The summed E-state index contributed by atoms with van der Waals surface area (Å²) in [6, 6.07) is 9.90. The van der Waals surface area contributed by atoms with E-state index in [-0.39, 0.29) is 18.8 Å². The predicted molar refractivity (Wildman–Crippen MR) is 105 cm³/mol. The molecule has 1 aromatic carbocycles. The van der Waals surface area contributed by atoms with Crippen molar-refractivity contribution < 1.29 is 23.5 Å². The zero-order valence-electron chi connectivity index (χ0n) is 16.0. The first-order chi connectivity index (χ1) is 14.5. The number of ether oxygens (including phenoxy) is 2. The Morgan fingerprint density at radius 1 is 1.37 bits per heavy atom. The number of methoxy groups -OCH3 is 1. The fourth-order valence-electron chi connectivity index (χ4n) is 3.08. The van der Waals surface area contributed by atoms with Crippen molar-refractivity contribution >= 4 is 17.9 Å². The molecule has 0 saturated carbocycles. The van der Waals surface area contributed by atoms with Gasteiger partial charge in [0.25, 0.3) is 0 Å². The molecule has 2 aromatic heterocycles. The third-order valence-corrected chi connectivity index (χ3v) is 4.57. The number of nitrogens with zero attached hydrogens (tertiary/aromatic N) is 4. The maximum absolute atomic E-state index is 14.8. The summed E-state index contributed by atoms with van der Waals surface area (Å²) in [4.78, 5) is 28.9. The van der Waals surface area contributed by atoms with Gasteiger partial charge in [0.15, 0.2) is 5.82 Å². The number of aromatic nitrogens is 3. The average molecular weight is 411 g/mol. The molecule has 30 heavy (non-hydrogen) atoms. The number of alkyl carbamates (subject to hydrolysis) is 1. The van der Waals surface area contributed by atoms with Crippen molar-refractivity contribution in [3.05, 3.63) is 60.8 Å². The van der Waals surface area contributed by atoms with Crippen LogP contribution >= 0.6 is 0 Å². The molecule has 1 saturated heterocycles. The summed E-state index contributed by atoms with van der Waals surface area (Å²) in [5.41, 5.74) is 2.06. The van der Waals surface area contributed by atoms with Crippen molar-refractivity contribution in [2.75, 3.05) is 25.1 Å². The van der Waals surface area contributed by atoms with Gasteiger partial charge in [-0.2, -0.15) is 5.10 Å². The highest BCUT2D eigenvalue weighted by atomic mass is 19.1. The predicted octanol–water partition coefficient (Wildman–Crippen LogP) is 2.75. The molecule has 154 valence electrons. The van der Waals surface area contributed by atoms with Crippen LogP contribution in [-0.2, 0) is 9.47 Å². The van der Waals surface area contributed by atoms with Crippen molar-refractivity contribution in [3.63, 3.8) is 0 Å². The van der Waals surface area contributed by atoms with Gasteiger partial charge in [0, 0.05) is 18.0 Å². The van der Waals surface area contributed by atoms with E-state index in [4.69, 9.17) is 4.74 Å². The van der Waals surface area contributed by atoms with Gasteiger partial charge >= 0.3 is 12.2 Å². The van der Waals surface area contributed by atoms with Crippen molar-refractivity contribution in [2.24, 2.45) is 0 Å². The molecular weight excluding hydrogens is 393 g/mol. The standard InChI is InChI=1S/C20H18FN5O4/c1-29-19(27)23-10-15-12-25(20(28)30-15)14-5-6-18(16(21)8-14)26-11-13(9-24-26)17-4-2-3-7-22-17/h2-9,11,15H,10,12H2,1H3,(H,23,27)/t15-/m0/s1. The van der Waals surface area contributed by atoms with Crippen LogP contribution < -0.4 is 10.2 Å². The van der Waals surface area contributed by atoms with Gasteiger partial charge in [0.2, 0.25) is 0 Å². The summed E-state index contributed by atoms with van der Waals surface area (Å²) in [6.45, 7) is 0.270. The summed E-state index contributed by atoms with van der Waals surface area (Å²) in [7, 11) is 1.24. The number of nitrogens with one attached hydrogen (secondary N) is 1. The Labute approximate surface area is 171 Å². The molecule has 3 heterocycles. The van der Waals surface area contributed by atoms with Gasteiger partial charge in [-0.25, -0.2) is 18.7 Å². The highest BCUT2D eigenvalue weighted by molar-refractivity contribution is 5.90. The maximum atomic E-state index is 14.8. The van der Waals surface area contributed by atoms with Crippen LogP contribution in [0, 0.1) is 5.82 Å². The van der Waals surface area contributed by atoms with Gasteiger partial charge in [0.05, 0.1) is 37.8 Å². The molecule has 9 nitrogen and oxygen atoms in total. The van der Waals surface area contributed by atoms with E-state index in [1.165, 1.54) is 28.8 Å². The Kier molecular flexibility index (Phi) is 5.29. The highest BCUT2D eigenvalue weighted by Crippen LogP contribution is 2.26. The molecule has 1 aliphatic heterocycles. The van der Waals surface area contributed by atoms with Gasteiger partial charge in [-0.1, -0.05) is 6.07 Å². The second-order valence-electron chi connectivity index (χ2n) is 6.51. The number of carbonyl (C=O) groups excluding carboxylic acids is 2. The molecule has 0 spiro atoms. The van der Waals surface area contributed by atoms with E-state index in [2.05, 4.69) is 20.1 Å². The second-order valence-corrected chi connectivity index (χ2v) is 6.51. The van der Waals surface area contributed by atoms with E-state index in [0.717, 1.165) is 11.3 Å². The summed E-state index contributed by atoms with van der Waals surface area (Å²) in [5, 5.41) is 6.67. The number of rotatable bonds is 5. The first kappa shape index (κ1) is 19.4. The van der Waals surface area contributed by atoms with Crippen molar-refractivity contribution in [1.29, 1.82) is 0 Å². The first-order valence-electron chi connectivity index (χ1n) is 9.11. The summed E-state index contributed by atoms with van der Waals surface area (Å²) in [6.07, 6.45) is 3.15. The number of hydrogen-bond acceptors (Lipinski definition) is 6. The van der Waals surface area contributed by atoms with Crippen LogP contribution in [0.15, 0.2) is 55.0 Å². The van der Waals surface area contributed by atoms with Gasteiger partial charge in [-0.15, -0.1) is 0 Å². The lowest BCUT2D eigenvalue weighted by molar-refractivity contribution is 0.132. The second kappa shape index (κ2) is 8.19. The number of halogens is 1. The van der Waals surface area contributed by atoms with Crippen LogP contribution in [0.3, 0.4) is 0 Å². The van der Waals surface area contributed by atoms with Crippen molar-refractivity contribution in [2.45, 2.75) is 6.10 Å². The number of hydrogen-bond donors (Lipinski definition) is 1. The molecule has 2 amide bonds. The Morgan fingerprint density at radius 3 is 2.97 bits per heavy atom. The van der Waals surface area contributed by atoms with Gasteiger partial charge in [-0.05, 0) is 30.3 Å². The Morgan fingerprint density at radius 2 is 2.23 bits per heavy atom. The normalized spacial score (nSPS) is 15.7. The average Bonchev–Trinajstić information content (AvgIpc) is 3.39. The van der Waals surface area contributed by atoms with Gasteiger partial charge in [0.1, 0.15) is 11.8 Å². The molecule has 10 heteroatoms. The lowest BCUT2D eigenvalue weighted by Gasteiger charge is -2.14. The largest absolute Gasteiger partial charge is 0.453 e. The zero-order chi connectivity index (χ0) is 21.1. The minimum Gasteiger partial charge on any atom is -0.453 e.